The van der Waals surface area contributed by atoms with Gasteiger partial charge in [0, 0.05) is 5.56 Å². The Hall–Kier alpha value is -2.10. The maximum atomic E-state index is 11.0. The fourth-order valence-corrected chi connectivity index (χ4v) is 2.12. The van der Waals surface area contributed by atoms with Gasteiger partial charge in [-0.25, -0.2) is 0 Å². The third-order valence-corrected chi connectivity index (χ3v) is 3.05. The summed E-state index contributed by atoms with van der Waals surface area (Å²) < 4.78 is 5.13. The van der Waals surface area contributed by atoms with E-state index in [-0.39, 0.29) is 5.75 Å². The number of aromatic nitrogens is 1. The molecule has 0 aliphatic carbocycles. The van der Waals surface area contributed by atoms with Gasteiger partial charge in [0.1, 0.15) is 11.5 Å². The highest BCUT2D eigenvalue weighted by molar-refractivity contribution is 5.84. The number of phenolic OH excluding ortho intramolecular Hbond substituents is 1. The molecule has 1 N–H and O–H groups in total. The fraction of sp³-hybridized carbons (Fsp3) is 0.286. The smallest absolute Gasteiger partial charge is 0.153 e. The van der Waals surface area contributed by atoms with Gasteiger partial charge in [-0.1, -0.05) is 12.1 Å². The van der Waals surface area contributed by atoms with E-state index < -0.39 is 0 Å². The number of carbonyl (C=O) groups is 1. The zero-order chi connectivity index (χ0) is 13.3. The largest absolute Gasteiger partial charge is 0.507 e. The fourth-order valence-electron chi connectivity index (χ4n) is 2.12. The van der Waals surface area contributed by atoms with Crippen molar-refractivity contribution in [3.05, 3.63) is 34.7 Å². The van der Waals surface area contributed by atoms with E-state index in [9.17, 15) is 9.90 Å². The molecule has 0 aliphatic rings. The van der Waals surface area contributed by atoms with Crippen LogP contribution in [0.2, 0.25) is 0 Å². The summed E-state index contributed by atoms with van der Waals surface area (Å²) in [5, 5.41) is 13.8. The number of aromatic hydroxyl groups is 1. The van der Waals surface area contributed by atoms with Crippen LogP contribution in [0.4, 0.5) is 0 Å². The lowest BCUT2D eigenvalue weighted by atomic mass is 9.97. The van der Waals surface area contributed by atoms with Crippen molar-refractivity contribution in [3.63, 3.8) is 0 Å². The zero-order valence-corrected chi connectivity index (χ0v) is 10.7. The summed E-state index contributed by atoms with van der Waals surface area (Å²) in [5.41, 5.74) is 3.55. The summed E-state index contributed by atoms with van der Waals surface area (Å²) in [6, 6.07) is 3.53. The monoisotopic (exact) mass is 245 g/mol. The second-order valence-electron chi connectivity index (χ2n) is 4.24. The Bertz CT molecular complexity index is 580. The van der Waals surface area contributed by atoms with Crippen molar-refractivity contribution < 1.29 is 14.4 Å². The van der Waals surface area contributed by atoms with Gasteiger partial charge >= 0.3 is 0 Å². The van der Waals surface area contributed by atoms with E-state index in [0.717, 1.165) is 22.4 Å². The van der Waals surface area contributed by atoms with Crippen molar-refractivity contribution in [2.45, 2.75) is 27.2 Å². The summed E-state index contributed by atoms with van der Waals surface area (Å²) >= 11 is 0. The lowest BCUT2D eigenvalue weighted by Gasteiger charge is -2.08. The van der Waals surface area contributed by atoms with Crippen molar-refractivity contribution in [2.75, 3.05) is 0 Å². The maximum Gasteiger partial charge on any atom is 0.153 e. The highest BCUT2D eigenvalue weighted by Crippen LogP contribution is 2.32. The van der Waals surface area contributed by atoms with Crippen LogP contribution >= 0.6 is 0 Å². The molecule has 0 saturated heterocycles. The minimum Gasteiger partial charge on any atom is -0.507 e. The first kappa shape index (κ1) is 12.4. The van der Waals surface area contributed by atoms with Crippen LogP contribution in [0, 0.1) is 13.8 Å². The van der Waals surface area contributed by atoms with E-state index in [4.69, 9.17) is 4.52 Å². The molecule has 94 valence electrons. The average molecular weight is 245 g/mol. The quantitative estimate of drug-likeness (QED) is 0.844. The second-order valence-corrected chi connectivity index (χ2v) is 4.24. The first-order valence-corrected chi connectivity index (χ1v) is 5.82. The van der Waals surface area contributed by atoms with E-state index in [2.05, 4.69) is 5.16 Å². The molecule has 1 aromatic carbocycles. The predicted octanol–water partition coefficient (Wildman–Crippen LogP) is 3.04. The Morgan fingerprint density at radius 1 is 1.39 bits per heavy atom. The summed E-state index contributed by atoms with van der Waals surface area (Å²) in [6.07, 6.45) is 1.32. The van der Waals surface area contributed by atoms with Crippen LogP contribution in [0.1, 0.15) is 34.3 Å². The molecule has 0 radical (unpaired) electrons. The number of benzene rings is 1. The summed E-state index contributed by atoms with van der Waals surface area (Å²) in [5.74, 6) is 0.764. The number of phenols is 1. The molecule has 4 nitrogen and oxygen atoms in total. The summed E-state index contributed by atoms with van der Waals surface area (Å²) in [6.45, 7) is 5.61. The van der Waals surface area contributed by atoms with E-state index in [1.165, 1.54) is 0 Å². The number of aldehydes is 1. The first-order chi connectivity index (χ1) is 8.58. The normalized spacial score (nSPS) is 10.6. The number of rotatable bonds is 3. The summed E-state index contributed by atoms with van der Waals surface area (Å²) in [4.78, 5) is 11.0. The summed E-state index contributed by atoms with van der Waals surface area (Å²) in [7, 11) is 0. The average Bonchev–Trinajstić information content (AvgIpc) is 2.70. The minimum absolute atomic E-state index is 0.0583. The molecule has 1 aromatic heterocycles. The topological polar surface area (TPSA) is 63.3 Å². The number of hydrogen-bond donors (Lipinski definition) is 1. The highest BCUT2D eigenvalue weighted by atomic mass is 16.5. The molecular weight excluding hydrogens is 230 g/mol. The first-order valence-electron chi connectivity index (χ1n) is 5.82. The van der Waals surface area contributed by atoms with Crippen LogP contribution in [-0.2, 0) is 6.42 Å². The van der Waals surface area contributed by atoms with Gasteiger partial charge in [0.15, 0.2) is 6.29 Å². The third kappa shape index (κ3) is 1.90. The lowest BCUT2D eigenvalue weighted by molar-refractivity contribution is 0.112. The third-order valence-electron chi connectivity index (χ3n) is 3.05. The molecule has 0 saturated carbocycles. The van der Waals surface area contributed by atoms with Crippen LogP contribution in [0.3, 0.4) is 0 Å². The standard InChI is InChI=1S/C14H15NO3/c1-4-10-5-11(6-12(7-16)14(10)17)13-8(2)15-18-9(13)3/h5-7,17H,4H2,1-3H3. The van der Waals surface area contributed by atoms with Crippen molar-refractivity contribution in [1.82, 2.24) is 5.16 Å². The van der Waals surface area contributed by atoms with Gasteiger partial charge in [0.05, 0.1) is 11.3 Å². The van der Waals surface area contributed by atoms with Gasteiger partial charge in [-0.3, -0.25) is 4.79 Å². The van der Waals surface area contributed by atoms with Gasteiger partial charge in [0.25, 0.3) is 0 Å². The predicted molar refractivity (Wildman–Crippen MR) is 67.8 cm³/mol. The zero-order valence-electron chi connectivity index (χ0n) is 10.7. The molecule has 0 fully saturated rings. The molecule has 0 spiro atoms. The van der Waals surface area contributed by atoms with Crippen molar-refractivity contribution in [2.24, 2.45) is 0 Å². The Morgan fingerprint density at radius 2 is 2.11 bits per heavy atom. The van der Waals surface area contributed by atoms with Crippen molar-refractivity contribution in [1.29, 1.82) is 0 Å². The van der Waals surface area contributed by atoms with E-state index in [1.54, 1.807) is 6.07 Å². The van der Waals surface area contributed by atoms with E-state index in [1.807, 2.05) is 26.8 Å². The van der Waals surface area contributed by atoms with E-state index >= 15 is 0 Å². The molecule has 1 heterocycles. The number of carbonyl (C=O) groups excluding carboxylic acids is 1. The molecule has 2 rings (SSSR count). The SMILES string of the molecule is CCc1cc(-c2c(C)noc2C)cc(C=O)c1O. The highest BCUT2D eigenvalue weighted by Gasteiger charge is 2.15. The Morgan fingerprint density at radius 3 is 2.61 bits per heavy atom. The molecule has 0 aliphatic heterocycles. The second kappa shape index (κ2) is 4.64. The van der Waals surface area contributed by atoms with Gasteiger partial charge in [0.2, 0.25) is 0 Å². The van der Waals surface area contributed by atoms with Crippen molar-refractivity contribution in [3.8, 4) is 16.9 Å². The molecule has 0 unspecified atom stereocenters. The molecule has 0 bridgehead atoms. The van der Waals surface area contributed by atoms with Crippen LogP contribution in [-0.4, -0.2) is 16.5 Å². The van der Waals surface area contributed by atoms with Gasteiger partial charge < -0.3 is 9.63 Å². The van der Waals surface area contributed by atoms with E-state index in [0.29, 0.717) is 24.0 Å². The lowest BCUT2D eigenvalue weighted by Crippen LogP contribution is -1.92. The van der Waals surface area contributed by atoms with Gasteiger partial charge in [-0.2, -0.15) is 0 Å². The van der Waals surface area contributed by atoms with Crippen LogP contribution in [0.25, 0.3) is 11.1 Å². The van der Waals surface area contributed by atoms with Gasteiger partial charge in [-0.15, -0.1) is 0 Å². The molecular formula is C14H15NO3. The van der Waals surface area contributed by atoms with Crippen molar-refractivity contribution >= 4 is 6.29 Å². The van der Waals surface area contributed by atoms with Crippen LogP contribution in [0.15, 0.2) is 16.7 Å². The number of nitrogens with zero attached hydrogens (tertiary/aromatic N) is 1. The number of aryl methyl sites for hydroxylation is 3. The molecule has 0 amide bonds. The Balaban J connectivity index is 2.69. The maximum absolute atomic E-state index is 11.0. The Labute approximate surface area is 105 Å². The molecule has 2 aromatic rings. The number of hydrogen-bond acceptors (Lipinski definition) is 4. The minimum atomic E-state index is 0.0583. The Kier molecular flexibility index (Phi) is 3.19. The van der Waals surface area contributed by atoms with Crippen LogP contribution in [0.5, 0.6) is 5.75 Å². The molecule has 4 heteroatoms. The van der Waals surface area contributed by atoms with Crippen LogP contribution < -0.4 is 0 Å². The molecule has 0 atom stereocenters. The molecule has 18 heavy (non-hydrogen) atoms. The van der Waals surface area contributed by atoms with Gasteiger partial charge in [-0.05, 0) is 43.5 Å².